The van der Waals surface area contributed by atoms with Crippen molar-refractivity contribution in [2.24, 2.45) is 0 Å². The van der Waals surface area contributed by atoms with E-state index in [1.54, 1.807) is 29.2 Å². The molecule has 30 heavy (non-hydrogen) atoms. The van der Waals surface area contributed by atoms with E-state index >= 15 is 0 Å². The molecule has 0 unspecified atom stereocenters. The molecule has 1 atom stereocenters. The Morgan fingerprint density at radius 3 is 2.83 bits per heavy atom. The molecular formula is C22H21FN4O3. The second kappa shape index (κ2) is 8.44. The normalized spacial score (nSPS) is 16.1. The Bertz CT molecular complexity index is 1060. The van der Waals surface area contributed by atoms with E-state index < -0.39 is 0 Å². The van der Waals surface area contributed by atoms with Gasteiger partial charge in [-0.05, 0) is 36.8 Å². The molecule has 0 saturated carbocycles. The van der Waals surface area contributed by atoms with Crippen molar-refractivity contribution in [1.82, 2.24) is 20.4 Å². The zero-order valence-corrected chi connectivity index (χ0v) is 16.5. The van der Waals surface area contributed by atoms with Crippen LogP contribution in [0.1, 0.15) is 45.5 Å². The lowest BCUT2D eigenvalue weighted by molar-refractivity contribution is -0.128. The first-order valence-corrected chi connectivity index (χ1v) is 9.67. The second-order valence-electron chi connectivity index (χ2n) is 7.40. The van der Waals surface area contributed by atoms with Gasteiger partial charge in [0.1, 0.15) is 5.82 Å². The number of carbonyl (C=O) groups excluding carboxylic acids is 2. The highest BCUT2D eigenvalue weighted by Gasteiger charge is 2.33. The molecular weight excluding hydrogens is 387 g/mol. The highest BCUT2D eigenvalue weighted by atomic mass is 19.1. The van der Waals surface area contributed by atoms with Crippen LogP contribution in [0.15, 0.2) is 53.1 Å². The molecule has 8 heteroatoms. The number of hydrogen-bond donors (Lipinski definition) is 1. The van der Waals surface area contributed by atoms with Gasteiger partial charge in [-0.2, -0.15) is 4.98 Å². The number of carbonyl (C=O) groups is 2. The van der Waals surface area contributed by atoms with Gasteiger partial charge >= 0.3 is 0 Å². The predicted molar refractivity (Wildman–Crippen MR) is 106 cm³/mol. The van der Waals surface area contributed by atoms with Gasteiger partial charge in [0.2, 0.25) is 11.8 Å². The van der Waals surface area contributed by atoms with Crippen molar-refractivity contribution >= 4 is 11.8 Å². The van der Waals surface area contributed by atoms with Crippen LogP contribution in [0.25, 0.3) is 0 Å². The third-order valence-electron chi connectivity index (χ3n) is 5.03. The van der Waals surface area contributed by atoms with Crippen LogP contribution in [-0.2, 0) is 17.9 Å². The summed E-state index contributed by atoms with van der Waals surface area (Å²) in [6, 6.07) is 13.4. The van der Waals surface area contributed by atoms with E-state index in [2.05, 4.69) is 15.5 Å². The molecule has 3 aromatic rings. The van der Waals surface area contributed by atoms with Gasteiger partial charge in [0.25, 0.3) is 5.91 Å². The van der Waals surface area contributed by atoms with Gasteiger partial charge in [-0.3, -0.25) is 9.59 Å². The highest BCUT2D eigenvalue weighted by Crippen LogP contribution is 2.27. The summed E-state index contributed by atoms with van der Waals surface area (Å²) >= 11 is 0. The molecule has 1 saturated heterocycles. The van der Waals surface area contributed by atoms with E-state index in [9.17, 15) is 14.0 Å². The quantitative estimate of drug-likeness (QED) is 0.678. The molecule has 0 radical (unpaired) electrons. The van der Waals surface area contributed by atoms with Gasteiger partial charge < -0.3 is 14.7 Å². The van der Waals surface area contributed by atoms with Gasteiger partial charge in [-0.1, -0.05) is 35.0 Å². The van der Waals surface area contributed by atoms with Crippen LogP contribution in [0.3, 0.4) is 0 Å². The van der Waals surface area contributed by atoms with Gasteiger partial charge in [0.05, 0.1) is 6.54 Å². The number of aryl methyl sites for hydroxylation is 1. The van der Waals surface area contributed by atoms with E-state index in [1.807, 2.05) is 19.1 Å². The van der Waals surface area contributed by atoms with Crippen LogP contribution in [0.4, 0.5) is 4.39 Å². The fourth-order valence-corrected chi connectivity index (χ4v) is 3.46. The lowest BCUT2D eigenvalue weighted by Crippen LogP contribution is -2.24. The molecule has 154 valence electrons. The third-order valence-corrected chi connectivity index (χ3v) is 5.03. The van der Waals surface area contributed by atoms with Crippen molar-refractivity contribution in [2.75, 3.05) is 6.54 Å². The van der Waals surface area contributed by atoms with Gasteiger partial charge in [-0.25, -0.2) is 4.39 Å². The lowest BCUT2D eigenvalue weighted by atomic mass is 10.1. The second-order valence-corrected chi connectivity index (χ2v) is 7.40. The zero-order valence-electron chi connectivity index (χ0n) is 16.5. The van der Waals surface area contributed by atoms with Gasteiger partial charge in [-0.15, -0.1) is 0 Å². The number of hydrogen-bond acceptors (Lipinski definition) is 5. The minimum absolute atomic E-state index is 0.0107. The maximum absolute atomic E-state index is 13.1. The number of benzene rings is 2. The number of aromatic nitrogens is 2. The standard InChI is InChI=1S/C22H21FN4O3/c1-14-3-2-4-16(9-14)22(29)24-11-19-25-21(26-30-19)17-10-20(28)27(13-17)12-15-5-7-18(23)8-6-15/h2-9,17H,10-13H2,1H3,(H,24,29)/t17-/m1/s1. The van der Waals surface area contributed by atoms with Crippen LogP contribution in [-0.4, -0.2) is 33.4 Å². The van der Waals surface area contributed by atoms with E-state index in [1.165, 1.54) is 12.1 Å². The van der Waals surface area contributed by atoms with Crippen molar-refractivity contribution in [1.29, 1.82) is 0 Å². The SMILES string of the molecule is Cc1cccc(C(=O)NCc2nc([C@@H]3CC(=O)N(Cc4ccc(F)cc4)C3)no2)c1. The number of halogens is 1. The summed E-state index contributed by atoms with van der Waals surface area (Å²) in [6.45, 7) is 2.90. The average molecular weight is 408 g/mol. The molecule has 1 aliphatic rings. The first-order valence-electron chi connectivity index (χ1n) is 9.67. The Hall–Kier alpha value is -3.55. The van der Waals surface area contributed by atoms with Crippen molar-refractivity contribution < 1.29 is 18.5 Å². The Morgan fingerprint density at radius 1 is 1.27 bits per heavy atom. The first-order chi connectivity index (χ1) is 14.5. The predicted octanol–water partition coefficient (Wildman–Crippen LogP) is 2.96. The Kier molecular flexibility index (Phi) is 5.56. The fraction of sp³-hybridized carbons (Fsp3) is 0.273. The highest BCUT2D eigenvalue weighted by molar-refractivity contribution is 5.94. The molecule has 1 aliphatic heterocycles. The minimum Gasteiger partial charge on any atom is -0.343 e. The van der Waals surface area contributed by atoms with Crippen LogP contribution < -0.4 is 5.32 Å². The summed E-state index contributed by atoms with van der Waals surface area (Å²) in [5.41, 5.74) is 2.42. The molecule has 1 aromatic heterocycles. The molecule has 7 nitrogen and oxygen atoms in total. The molecule has 0 aliphatic carbocycles. The number of rotatable bonds is 6. The zero-order chi connectivity index (χ0) is 21.1. The largest absolute Gasteiger partial charge is 0.343 e. The summed E-state index contributed by atoms with van der Waals surface area (Å²) in [5, 5.41) is 6.74. The van der Waals surface area contributed by atoms with Crippen LogP contribution in [0, 0.1) is 12.7 Å². The van der Waals surface area contributed by atoms with Crippen molar-refractivity contribution in [3.05, 3.63) is 82.8 Å². The van der Waals surface area contributed by atoms with Gasteiger partial charge in [0, 0.05) is 31.0 Å². The summed E-state index contributed by atoms with van der Waals surface area (Å²) in [4.78, 5) is 30.6. The summed E-state index contributed by atoms with van der Waals surface area (Å²) < 4.78 is 18.3. The number of nitrogens with zero attached hydrogens (tertiary/aromatic N) is 3. The van der Waals surface area contributed by atoms with E-state index in [-0.39, 0.29) is 42.4 Å². The van der Waals surface area contributed by atoms with Crippen LogP contribution >= 0.6 is 0 Å². The summed E-state index contributed by atoms with van der Waals surface area (Å²) in [6.07, 6.45) is 0.288. The Morgan fingerprint density at radius 2 is 2.07 bits per heavy atom. The maximum Gasteiger partial charge on any atom is 0.251 e. The van der Waals surface area contributed by atoms with Crippen LogP contribution in [0.5, 0.6) is 0 Å². The smallest absolute Gasteiger partial charge is 0.251 e. The van der Waals surface area contributed by atoms with Crippen molar-refractivity contribution in [2.45, 2.75) is 32.4 Å². The molecule has 1 fully saturated rings. The van der Waals surface area contributed by atoms with Crippen molar-refractivity contribution in [3.63, 3.8) is 0 Å². The topological polar surface area (TPSA) is 88.3 Å². The average Bonchev–Trinajstić information content (AvgIpc) is 3.35. The molecule has 2 heterocycles. The maximum atomic E-state index is 13.1. The summed E-state index contributed by atoms with van der Waals surface area (Å²) in [5.74, 6) is 0.0182. The molecule has 0 spiro atoms. The fourth-order valence-electron chi connectivity index (χ4n) is 3.46. The number of likely N-dealkylation sites (tertiary alicyclic amines) is 1. The molecule has 2 amide bonds. The minimum atomic E-state index is -0.307. The number of nitrogens with one attached hydrogen (secondary N) is 1. The van der Waals surface area contributed by atoms with E-state index in [0.29, 0.717) is 24.5 Å². The molecule has 2 aromatic carbocycles. The lowest BCUT2D eigenvalue weighted by Gasteiger charge is -2.16. The summed E-state index contributed by atoms with van der Waals surface area (Å²) in [7, 11) is 0. The van der Waals surface area contributed by atoms with Crippen LogP contribution in [0.2, 0.25) is 0 Å². The number of amides is 2. The van der Waals surface area contributed by atoms with E-state index in [4.69, 9.17) is 4.52 Å². The Labute approximate surface area is 172 Å². The monoisotopic (exact) mass is 408 g/mol. The van der Waals surface area contributed by atoms with E-state index in [0.717, 1.165) is 11.1 Å². The molecule has 4 rings (SSSR count). The van der Waals surface area contributed by atoms with Gasteiger partial charge in [0.15, 0.2) is 5.82 Å². The molecule has 0 bridgehead atoms. The first kappa shape index (κ1) is 19.8. The Balaban J connectivity index is 1.34. The van der Waals surface area contributed by atoms with Crippen molar-refractivity contribution in [3.8, 4) is 0 Å². The third kappa shape index (κ3) is 4.53. The molecule has 1 N–H and O–H groups in total.